The molecule has 0 N–H and O–H groups in total. The highest BCUT2D eigenvalue weighted by Crippen LogP contribution is 2.18. The van der Waals surface area contributed by atoms with Crippen LogP contribution in [0.4, 0.5) is 0 Å². The summed E-state index contributed by atoms with van der Waals surface area (Å²) >= 11 is 6.18. The molecule has 0 saturated carbocycles. The van der Waals surface area contributed by atoms with Gasteiger partial charge >= 0.3 is 0 Å². The number of nitrogens with zero attached hydrogens (tertiary/aromatic N) is 1. The van der Waals surface area contributed by atoms with Crippen molar-refractivity contribution in [1.82, 2.24) is 4.90 Å². The lowest BCUT2D eigenvalue weighted by Crippen LogP contribution is -2.31. The number of halogens is 1. The summed E-state index contributed by atoms with van der Waals surface area (Å²) in [5.74, 6) is 0.843. The van der Waals surface area contributed by atoms with Gasteiger partial charge in [0.15, 0.2) is 0 Å². The number of benzene rings is 2. The van der Waals surface area contributed by atoms with Gasteiger partial charge in [0.25, 0.3) is 0 Å². The summed E-state index contributed by atoms with van der Waals surface area (Å²) in [6.07, 6.45) is 0.357. The normalized spacial score (nSPS) is 10.3. The Bertz CT molecular complexity index is 642. The van der Waals surface area contributed by atoms with E-state index < -0.39 is 0 Å². The second kappa shape index (κ2) is 7.85. The third-order valence-corrected chi connectivity index (χ3v) is 3.91. The van der Waals surface area contributed by atoms with Crippen molar-refractivity contribution in [2.45, 2.75) is 19.9 Å². The summed E-state index contributed by atoms with van der Waals surface area (Å²) in [7, 11) is 1.62. The molecule has 0 spiro atoms. The molecule has 3 nitrogen and oxygen atoms in total. The number of ether oxygens (including phenoxy) is 1. The number of carbonyl (C=O) groups is 1. The standard InChI is InChI=1S/C18H20ClNO2/c1-3-20(13-15-8-4-5-10-17(15)19)18(21)12-14-7-6-9-16(11-14)22-2/h4-11H,3,12-13H2,1-2H3. The largest absolute Gasteiger partial charge is 0.497 e. The second-order valence-corrected chi connectivity index (χ2v) is 5.43. The zero-order valence-electron chi connectivity index (χ0n) is 12.9. The Hall–Kier alpha value is -2.00. The first-order valence-electron chi connectivity index (χ1n) is 7.28. The molecule has 0 aliphatic carbocycles. The number of hydrogen-bond acceptors (Lipinski definition) is 2. The summed E-state index contributed by atoms with van der Waals surface area (Å²) in [5.41, 5.74) is 1.91. The Labute approximate surface area is 136 Å². The number of hydrogen-bond donors (Lipinski definition) is 0. The molecule has 4 heteroatoms. The number of amides is 1. The molecule has 0 fully saturated rings. The molecule has 0 aliphatic rings. The van der Waals surface area contributed by atoms with Gasteiger partial charge in [-0.15, -0.1) is 0 Å². The molecule has 2 aromatic carbocycles. The van der Waals surface area contributed by atoms with E-state index in [0.717, 1.165) is 16.9 Å². The summed E-state index contributed by atoms with van der Waals surface area (Å²) in [4.78, 5) is 14.3. The molecule has 0 aromatic heterocycles. The average molecular weight is 318 g/mol. The second-order valence-electron chi connectivity index (χ2n) is 5.03. The highest BCUT2D eigenvalue weighted by Gasteiger charge is 2.14. The van der Waals surface area contributed by atoms with Crippen molar-refractivity contribution in [3.05, 3.63) is 64.7 Å². The van der Waals surface area contributed by atoms with E-state index >= 15 is 0 Å². The predicted octanol–water partition coefficient (Wildman–Crippen LogP) is 3.94. The minimum atomic E-state index is 0.0793. The van der Waals surface area contributed by atoms with E-state index in [0.29, 0.717) is 24.5 Å². The first-order chi connectivity index (χ1) is 10.6. The molecule has 0 heterocycles. The van der Waals surface area contributed by atoms with Crippen LogP contribution in [0.5, 0.6) is 5.75 Å². The quantitative estimate of drug-likeness (QED) is 0.807. The van der Waals surface area contributed by atoms with Crippen molar-refractivity contribution >= 4 is 17.5 Å². The van der Waals surface area contributed by atoms with E-state index in [1.807, 2.05) is 55.5 Å². The molecule has 22 heavy (non-hydrogen) atoms. The van der Waals surface area contributed by atoms with Gasteiger partial charge in [0.05, 0.1) is 13.5 Å². The van der Waals surface area contributed by atoms with Crippen molar-refractivity contribution in [2.75, 3.05) is 13.7 Å². The minimum Gasteiger partial charge on any atom is -0.497 e. The fraction of sp³-hybridized carbons (Fsp3) is 0.278. The maximum Gasteiger partial charge on any atom is 0.227 e. The molecule has 1 amide bonds. The van der Waals surface area contributed by atoms with Gasteiger partial charge in [0.1, 0.15) is 5.75 Å². The third-order valence-electron chi connectivity index (χ3n) is 3.54. The fourth-order valence-corrected chi connectivity index (χ4v) is 2.47. The van der Waals surface area contributed by atoms with Gasteiger partial charge in [0, 0.05) is 18.1 Å². The summed E-state index contributed by atoms with van der Waals surface area (Å²) in [6, 6.07) is 15.2. The molecular formula is C18H20ClNO2. The zero-order valence-corrected chi connectivity index (χ0v) is 13.6. The van der Waals surface area contributed by atoms with Gasteiger partial charge < -0.3 is 9.64 Å². The molecule has 2 rings (SSSR count). The Morgan fingerprint density at radius 2 is 1.95 bits per heavy atom. The van der Waals surface area contributed by atoms with E-state index in [4.69, 9.17) is 16.3 Å². The molecule has 0 unspecified atom stereocenters. The van der Waals surface area contributed by atoms with Crippen LogP contribution >= 0.6 is 11.6 Å². The number of likely N-dealkylation sites (N-methyl/N-ethyl adjacent to an activating group) is 1. The molecule has 0 radical (unpaired) electrons. The summed E-state index contributed by atoms with van der Waals surface area (Å²) < 4.78 is 5.19. The molecule has 0 bridgehead atoms. The van der Waals surface area contributed by atoms with Gasteiger partial charge in [-0.05, 0) is 36.2 Å². The van der Waals surface area contributed by atoms with Gasteiger partial charge in [-0.3, -0.25) is 4.79 Å². The first-order valence-corrected chi connectivity index (χ1v) is 7.66. The Morgan fingerprint density at radius 1 is 1.18 bits per heavy atom. The van der Waals surface area contributed by atoms with E-state index in [1.165, 1.54) is 0 Å². The topological polar surface area (TPSA) is 29.5 Å². The van der Waals surface area contributed by atoms with Crippen LogP contribution in [0, 0.1) is 0 Å². The SMILES string of the molecule is CCN(Cc1ccccc1Cl)C(=O)Cc1cccc(OC)c1. The maximum atomic E-state index is 12.5. The Kier molecular flexibility index (Phi) is 5.84. The number of rotatable bonds is 6. The molecule has 2 aromatic rings. The lowest BCUT2D eigenvalue weighted by Gasteiger charge is -2.21. The minimum absolute atomic E-state index is 0.0793. The highest BCUT2D eigenvalue weighted by molar-refractivity contribution is 6.31. The van der Waals surface area contributed by atoms with E-state index in [2.05, 4.69) is 0 Å². The Balaban J connectivity index is 2.07. The van der Waals surface area contributed by atoms with Crippen LogP contribution in [-0.4, -0.2) is 24.5 Å². The smallest absolute Gasteiger partial charge is 0.227 e. The monoisotopic (exact) mass is 317 g/mol. The van der Waals surface area contributed by atoms with Crippen LogP contribution in [0.25, 0.3) is 0 Å². The van der Waals surface area contributed by atoms with Crippen LogP contribution < -0.4 is 4.74 Å². The summed E-state index contributed by atoms with van der Waals surface area (Å²) in [5, 5.41) is 0.690. The van der Waals surface area contributed by atoms with Crippen molar-refractivity contribution < 1.29 is 9.53 Å². The summed E-state index contributed by atoms with van der Waals surface area (Å²) in [6.45, 7) is 3.15. The molecule has 116 valence electrons. The molecule has 0 saturated heterocycles. The lowest BCUT2D eigenvalue weighted by atomic mass is 10.1. The van der Waals surface area contributed by atoms with Crippen LogP contribution in [0.3, 0.4) is 0 Å². The van der Waals surface area contributed by atoms with Crippen molar-refractivity contribution in [2.24, 2.45) is 0 Å². The van der Waals surface area contributed by atoms with Crippen LogP contribution in [0.15, 0.2) is 48.5 Å². The van der Waals surface area contributed by atoms with E-state index in [1.54, 1.807) is 12.0 Å². The maximum absolute atomic E-state index is 12.5. The predicted molar refractivity (Wildman–Crippen MR) is 89.2 cm³/mol. The van der Waals surface area contributed by atoms with Gasteiger partial charge in [-0.2, -0.15) is 0 Å². The highest BCUT2D eigenvalue weighted by atomic mass is 35.5. The molecule has 0 aliphatic heterocycles. The first kappa shape index (κ1) is 16.4. The van der Waals surface area contributed by atoms with Crippen LogP contribution in [0.2, 0.25) is 5.02 Å². The molecule has 0 atom stereocenters. The number of methoxy groups -OCH3 is 1. The zero-order chi connectivity index (χ0) is 15.9. The van der Waals surface area contributed by atoms with Crippen LogP contribution in [0.1, 0.15) is 18.1 Å². The van der Waals surface area contributed by atoms with E-state index in [9.17, 15) is 4.79 Å². The van der Waals surface area contributed by atoms with Gasteiger partial charge in [-0.25, -0.2) is 0 Å². The fourth-order valence-electron chi connectivity index (χ4n) is 2.28. The Morgan fingerprint density at radius 3 is 2.64 bits per heavy atom. The van der Waals surface area contributed by atoms with E-state index in [-0.39, 0.29) is 5.91 Å². The average Bonchev–Trinajstić information content (AvgIpc) is 2.54. The van der Waals surface area contributed by atoms with Crippen molar-refractivity contribution in [1.29, 1.82) is 0 Å². The van der Waals surface area contributed by atoms with Crippen LogP contribution in [-0.2, 0) is 17.8 Å². The third kappa shape index (κ3) is 4.25. The van der Waals surface area contributed by atoms with Gasteiger partial charge in [-0.1, -0.05) is 41.9 Å². The number of carbonyl (C=O) groups excluding carboxylic acids is 1. The lowest BCUT2D eigenvalue weighted by molar-refractivity contribution is -0.130. The van der Waals surface area contributed by atoms with Crippen molar-refractivity contribution in [3.63, 3.8) is 0 Å². The van der Waals surface area contributed by atoms with Crippen molar-refractivity contribution in [3.8, 4) is 5.75 Å². The van der Waals surface area contributed by atoms with Gasteiger partial charge in [0.2, 0.25) is 5.91 Å². The molecular weight excluding hydrogens is 298 g/mol.